The maximum absolute atomic E-state index is 13.8. The van der Waals surface area contributed by atoms with Crippen LogP contribution in [0.15, 0.2) is 18.2 Å². The van der Waals surface area contributed by atoms with Crippen LogP contribution in [0, 0.1) is 5.82 Å². The minimum absolute atomic E-state index is 0.119. The second-order valence-electron chi connectivity index (χ2n) is 4.11. The van der Waals surface area contributed by atoms with Crippen LogP contribution in [0.3, 0.4) is 0 Å². The van der Waals surface area contributed by atoms with Crippen LogP contribution in [-0.2, 0) is 0 Å². The summed E-state index contributed by atoms with van der Waals surface area (Å²) in [5.74, 6) is -0.419. The van der Waals surface area contributed by atoms with E-state index in [9.17, 15) is 17.6 Å². The van der Waals surface area contributed by atoms with E-state index in [0.29, 0.717) is 12.1 Å². The molecule has 0 bridgehead atoms. The van der Waals surface area contributed by atoms with Gasteiger partial charge in [0.1, 0.15) is 11.6 Å². The van der Waals surface area contributed by atoms with E-state index >= 15 is 0 Å². The minimum atomic E-state index is -4.26. The molecule has 0 saturated carbocycles. The highest BCUT2D eigenvalue weighted by Gasteiger charge is 2.27. The molecule has 0 aliphatic rings. The molecule has 1 atom stereocenters. The van der Waals surface area contributed by atoms with Crippen molar-refractivity contribution in [2.75, 3.05) is 18.9 Å². The first-order valence-corrected chi connectivity index (χ1v) is 7.18. The van der Waals surface area contributed by atoms with Crippen molar-refractivity contribution < 1.29 is 22.3 Å². The number of rotatable bonds is 7. The zero-order valence-corrected chi connectivity index (χ0v) is 12.1. The molecule has 0 aliphatic heterocycles. The van der Waals surface area contributed by atoms with E-state index in [4.69, 9.17) is 4.74 Å². The molecule has 0 aromatic heterocycles. The summed E-state index contributed by atoms with van der Waals surface area (Å²) in [7, 11) is 0. The number of hydrogen-bond donors (Lipinski definition) is 1. The van der Waals surface area contributed by atoms with Crippen molar-refractivity contribution in [2.45, 2.75) is 25.4 Å². The molecule has 1 N–H and O–H groups in total. The van der Waals surface area contributed by atoms with Crippen molar-refractivity contribution in [1.82, 2.24) is 5.32 Å². The van der Waals surface area contributed by atoms with Crippen LogP contribution in [-0.4, -0.2) is 24.4 Å². The topological polar surface area (TPSA) is 21.3 Å². The van der Waals surface area contributed by atoms with Gasteiger partial charge in [-0.05, 0) is 31.3 Å². The fraction of sp³-hybridized carbons (Fsp3) is 0.538. The van der Waals surface area contributed by atoms with Gasteiger partial charge in [0, 0.05) is 23.4 Å². The zero-order chi connectivity index (χ0) is 15.2. The molecule has 1 rings (SSSR count). The lowest BCUT2D eigenvalue weighted by atomic mass is 10.1. The molecule has 2 nitrogen and oxygen atoms in total. The first-order valence-electron chi connectivity index (χ1n) is 6.19. The number of nitrogens with one attached hydrogen (secondary N) is 1. The van der Waals surface area contributed by atoms with E-state index in [1.807, 2.05) is 13.8 Å². The fourth-order valence-electron chi connectivity index (χ4n) is 1.68. The molecule has 0 saturated heterocycles. The van der Waals surface area contributed by atoms with Crippen molar-refractivity contribution in [3.8, 4) is 5.75 Å². The summed E-state index contributed by atoms with van der Waals surface area (Å²) in [5, 5.41) is 3.08. The van der Waals surface area contributed by atoms with Gasteiger partial charge < -0.3 is 10.1 Å². The van der Waals surface area contributed by atoms with Gasteiger partial charge >= 0.3 is 5.51 Å². The zero-order valence-electron chi connectivity index (χ0n) is 11.3. The number of halogens is 4. The second-order valence-corrected chi connectivity index (χ2v) is 5.27. The molecule has 0 heterocycles. The Morgan fingerprint density at radius 1 is 1.35 bits per heavy atom. The van der Waals surface area contributed by atoms with Crippen molar-refractivity contribution in [3.05, 3.63) is 29.6 Å². The molecule has 1 aromatic rings. The summed E-state index contributed by atoms with van der Waals surface area (Å²) in [6, 6.07) is 4.20. The predicted molar refractivity (Wildman–Crippen MR) is 72.5 cm³/mol. The van der Waals surface area contributed by atoms with Crippen molar-refractivity contribution in [3.63, 3.8) is 0 Å². The number of ether oxygens (including phenoxy) is 1. The van der Waals surface area contributed by atoms with E-state index in [1.165, 1.54) is 6.07 Å². The number of benzene rings is 1. The third-order valence-corrected chi connectivity index (χ3v) is 3.26. The lowest BCUT2D eigenvalue weighted by Gasteiger charge is -2.15. The molecule has 0 spiro atoms. The van der Waals surface area contributed by atoms with Crippen LogP contribution in [0.5, 0.6) is 5.75 Å². The Hall–Kier alpha value is -0.950. The minimum Gasteiger partial charge on any atom is -0.493 e. The standard InChI is InChI=1S/C13H17F4NOS/c1-3-18-9(2)11-5-4-10(8-12(11)14)19-6-7-20-13(15,16)17/h4-5,8-9,18H,3,6-7H2,1-2H3. The highest BCUT2D eigenvalue weighted by molar-refractivity contribution is 8.00. The summed E-state index contributed by atoms with van der Waals surface area (Å²) in [6.45, 7) is 4.35. The quantitative estimate of drug-likeness (QED) is 0.604. The van der Waals surface area contributed by atoms with E-state index < -0.39 is 11.3 Å². The van der Waals surface area contributed by atoms with Gasteiger partial charge in [-0.1, -0.05) is 13.0 Å². The van der Waals surface area contributed by atoms with Gasteiger partial charge in [-0.25, -0.2) is 4.39 Å². The average Bonchev–Trinajstić information content (AvgIpc) is 2.34. The SMILES string of the molecule is CCNC(C)c1ccc(OCCSC(F)(F)F)cc1F. The van der Waals surface area contributed by atoms with Crippen LogP contribution < -0.4 is 10.1 Å². The molecule has 0 aliphatic carbocycles. The van der Waals surface area contributed by atoms with Crippen molar-refractivity contribution >= 4 is 11.8 Å². The maximum atomic E-state index is 13.8. The molecular formula is C13H17F4NOS. The van der Waals surface area contributed by atoms with Crippen LogP contribution in [0.1, 0.15) is 25.5 Å². The number of hydrogen-bond acceptors (Lipinski definition) is 3. The van der Waals surface area contributed by atoms with Crippen LogP contribution in [0.2, 0.25) is 0 Å². The maximum Gasteiger partial charge on any atom is 0.441 e. The van der Waals surface area contributed by atoms with E-state index in [1.54, 1.807) is 12.1 Å². The lowest BCUT2D eigenvalue weighted by molar-refractivity contribution is -0.0329. The van der Waals surface area contributed by atoms with Gasteiger partial charge in [-0.15, -0.1) is 0 Å². The molecule has 0 fully saturated rings. The van der Waals surface area contributed by atoms with Gasteiger partial charge in [0.25, 0.3) is 0 Å². The number of thioether (sulfide) groups is 1. The van der Waals surface area contributed by atoms with Crippen molar-refractivity contribution in [1.29, 1.82) is 0 Å². The van der Waals surface area contributed by atoms with Gasteiger partial charge in [0.15, 0.2) is 0 Å². The third kappa shape index (κ3) is 6.00. The first kappa shape index (κ1) is 17.1. The molecule has 114 valence electrons. The molecule has 7 heteroatoms. The van der Waals surface area contributed by atoms with Crippen LogP contribution >= 0.6 is 11.8 Å². The van der Waals surface area contributed by atoms with Gasteiger partial charge in [0.2, 0.25) is 0 Å². The van der Waals surface area contributed by atoms with Crippen LogP contribution in [0.4, 0.5) is 17.6 Å². The smallest absolute Gasteiger partial charge is 0.441 e. The summed E-state index contributed by atoms with van der Waals surface area (Å²) < 4.78 is 54.6. The van der Waals surface area contributed by atoms with E-state index in [0.717, 1.165) is 0 Å². The molecule has 1 unspecified atom stereocenters. The Balaban J connectivity index is 2.51. The molecule has 0 radical (unpaired) electrons. The Kier molecular flexibility index (Phi) is 6.61. The second kappa shape index (κ2) is 7.73. The first-order chi connectivity index (χ1) is 9.33. The third-order valence-electron chi connectivity index (χ3n) is 2.57. The normalized spacial score (nSPS) is 13.3. The summed E-state index contributed by atoms with van der Waals surface area (Å²) >= 11 is -0.157. The average molecular weight is 311 g/mol. The monoisotopic (exact) mass is 311 g/mol. The Bertz CT molecular complexity index is 425. The molecule has 1 aromatic carbocycles. The van der Waals surface area contributed by atoms with Crippen molar-refractivity contribution in [2.24, 2.45) is 0 Å². The van der Waals surface area contributed by atoms with Crippen LogP contribution in [0.25, 0.3) is 0 Å². The number of alkyl halides is 3. The lowest BCUT2D eigenvalue weighted by Crippen LogP contribution is -2.18. The molecular weight excluding hydrogens is 294 g/mol. The fourth-order valence-corrected chi connectivity index (χ4v) is 2.08. The molecule has 20 heavy (non-hydrogen) atoms. The van der Waals surface area contributed by atoms with Gasteiger partial charge in [-0.2, -0.15) is 13.2 Å². The summed E-state index contributed by atoms with van der Waals surface area (Å²) in [5.41, 5.74) is -3.76. The Morgan fingerprint density at radius 2 is 2.05 bits per heavy atom. The van der Waals surface area contributed by atoms with E-state index in [2.05, 4.69) is 5.32 Å². The Labute approximate surface area is 119 Å². The largest absolute Gasteiger partial charge is 0.493 e. The van der Waals surface area contributed by atoms with E-state index in [-0.39, 0.29) is 35.9 Å². The molecule has 0 amide bonds. The van der Waals surface area contributed by atoms with Gasteiger partial charge in [0.05, 0.1) is 6.61 Å². The summed E-state index contributed by atoms with van der Waals surface area (Å²) in [4.78, 5) is 0. The van der Waals surface area contributed by atoms with Gasteiger partial charge in [-0.3, -0.25) is 0 Å². The Morgan fingerprint density at radius 3 is 2.60 bits per heavy atom. The predicted octanol–water partition coefficient (Wildman–Crippen LogP) is 4.13. The highest BCUT2D eigenvalue weighted by Crippen LogP contribution is 2.30. The highest BCUT2D eigenvalue weighted by atomic mass is 32.2. The summed E-state index contributed by atoms with van der Waals surface area (Å²) in [6.07, 6.45) is 0.